The van der Waals surface area contributed by atoms with Crippen molar-refractivity contribution < 1.29 is 9.53 Å². The van der Waals surface area contributed by atoms with Gasteiger partial charge in [0.15, 0.2) is 0 Å². The maximum atomic E-state index is 12.7. The average molecular weight is 390 g/mol. The van der Waals surface area contributed by atoms with Gasteiger partial charge in [-0.3, -0.25) is 4.79 Å². The molecule has 0 radical (unpaired) electrons. The van der Waals surface area contributed by atoms with Gasteiger partial charge in [-0.15, -0.1) is 0 Å². The number of carbonyl (C=O) groups excluding carboxylic acids is 1. The molecule has 6 nitrogen and oxygen atoms in total. The minimum atomic E-state index is -0.294. The number of nitrogens with zero attached hydrogens (tertiary/aromatic N) is 2. The van der Waals surface area contributed by atoms with Crippen molar-refractivity contribution in [3.8, 4) is 5.75 Å². The van der Waals surface area contributed by atoms with E-state index in [2.05, 4.69) is 26.7 Å². The molecule has 2 N–H and O–H groups in total. The number of nitrogens with one attached hydrogen (secondary N) is 2. The van der Waals surface area contributed by atoms with Crippen LogP contribution in [0, 0.1) is 20.8 Å². The molecule has 29 heavy (non-hydrogen) atoms. The molecule has 0 saturated heterocycles. The summed E-state index contributed by atoms with van der Waals surface area (Å²) in [5, 5.41) is 6.16. The quantitative estimate of drug-likeness (QED) is 0.606. The van der Waals surface area contributed by atoms with Crippen LogP contribution in [0.3, 0.4) is 0 Å². The van der Waals surface area contributed by atoms with E-state index in [0.29, 0.717) is 23.0 Å². The third-order valence-corrected chi connectivity index (χ3v) is 4.21. The normalized spacial score (nSPS) is 10.7. The highest BCUT2D eigenvalue weighted by atomic mass is 16.5. The summed E-state index contributed by atoms with van der Waals surface area (Å²) in [5.74, 6) is 1.57. The molecule has 0 aliphatic rings. The van der Waals surface area contributed by atoms with Crippen molar-refractivity contribution in [1.82, 2.24) is 9.97 Å². The number of hydrogen-bond donors (Lipinski definition) is 2. The van der Waals surface area contributed by atoms with Crippen LogP contribution in [-0.4, -0.2) is 22.0 Å². The minimum Gasteiger partial charge on any atom is -0.491 e. The number of aryl methyl sites for hydroxylation is 3. The van der Waals surface area contributed by atoms with Gasteiger partial charge in [-0.25, -0.2) is 9.97 Å². The van der Waals surface area contributed by atoms with E-state index in [-0.39, 0.29) is 12.0 Å². The second kappa shape index (κ2) is 8.73. The van der Waals surface area contributed by atoms with Gasteiger partial charge < -0.3 is 15.4 Å². The average Bonchev–Trinajstić information content (AvgIpc) is 2.65. The summed E-state index contributed by atoms with van der Waals surface area (Å²) in [4.78, 5) is 21.4. The van der Waals surface area contributed by atoms with Crippen LogP contribution in [0.4, 0.5) is 17.2 Å². The lowest BCUT2D eigenvalue weighted by molar-refractivity contribution is 0.102. The maximum absolute atomic E-state index is 12.7. The van der Waals surface area contributed by atoms with Crippen LogP contribution in [0.5, 0.6) is 5.75 Å². The highest BCUT2D eigenvalue weighted by Gasteiger charge is 2.12. The van der Waals surface area contributed by atoms with E-state index in [0.717, 1.165) is 22.6 Å². The molecule has 0 aliphatic heterocycles. The van der Waals surface area contributed by atoms with Crippen molar-refractivity contribution in [2.75, 3.05) is 10.6 Å². The standard InChI is InChI=1S/C23H26N4O2/c1-14(2)29-19-10-8-18(9-11-19)26-23(28)21-13-22(25-17(5)24-21)27-20-12-15(3)6-7-16(20)4/h6-14H,1-5H3,(H,26,28)(H,24,25,27). The molecule has 3 aromatic rings. The van der Waals surface area contributed by atoms with Crippen LogP contribution in [-0.2, 0) is 0 Å². The molecule has 1 aromatic heterocycles. The fourth-order valence-electron chi connectivity index (χ4n) is 2.84. The lowest BCUT2D eigenvalue weighted by Crippen LogP contribution is -2.15. The van der Waals surface area contributed by atoms with Crippen molar-refractivity contribution in [3.05, 3.63) is 71.2 Å². The van der Waals surface area contributed by atoms with Crippen molar-refractivity contribution in [2.24, 2.45) is 0 Å². The Kier molecular flexibility index (Phi) is 6.12. The summed E-state index contributed by atoms with van der Waals surface area (Å²) in [6.07, 6.45) is 0.0994. The highest BCUT2D eigenvalue weighted by Crippen LogP contribution is 2.22. The number of benzene rings is 2. The number of amides is 1. The molecule has 0 saturated carbocycles. The molecular weight excluding hydrogens is 364 g/mol. The number of rotatable bonds is 6. The molecule has 1 amide bonds. The number of carbonyl (C=O) groups is 1. The van der Waals surface area contributed by atoms with E-state index >= 15 is 0 Å². The van der Waals surface area contributed by atoms with Gasteiger partial charge in [0.2, 0.25) is 0 Å². The van der Waals surface area contributed by atoms with Crippen molar-refractivity contribution in [1.29, 1.82) is 0 Å². The molecule has 0 fully saturated rings. The molecule has 2 aromatic carbocycles. The Morgan fingerprint density at radius 2 is 1.69 bits per heavy atom. The summed E-state index contributed by atoms with van der Waals surface area (Å²) in [6, 6.07) is 15.1. The molecule has 0 unspecified atom stereocenters. The molecule has 0 spiro atoms. The van der Waals surface area contributed by atoms with Gasteiger partial charge in [-0.1, -0.05) is 12.1 Å². The minimum absolute atomic E-state index is 0.0994. The van der Waals surface area contributed by atoms with Crippen LogP contribution in [0.1, 0.15) is 41.3 Å². The summed E-state index contributed by atoms with van der Waals surface area (Å²) in [6.45, 7) is 9.76. The Morgan fingerprint density at radius 3 is 2.38 bits per heavy atom. The van der Waals surface area contributed by atoms with E-state index in [1.165, 1.54) is 0 Å². The number of aromatic nitrogens is 2. The summed E-state index contributed by atoms with van der Waals surface area (Å²) >= 11 is 0. The van der Waals surface area contributed by atoms with Crippen LogP contribution < -0.4 is 15.4 Å². The van der Waals surface area contributed by atoms with Gasteiger partial charge in [0.25, 0.3) is 5.91 Å². The van der Waals surface area contributed by atoms with Crippen LogP contribution in [0.25, 0.3) is 0 Å². The van der Waals surface area contributed by atoms with Gasteiger partial charge in [0, 0.05) is 17.4 Å². The molecule has 3 rings (SSSR count). The molecule has 6 heteroatoms. The summed E-state index contributed by atoms with van der Waals surface area (Å²) in [5.41, 5.74) is 4.17. The van der Waals surface area contributed by atoms with E-state index < -0.39 is 0 Å². The summed E-state index contributed by atoms with van der Waals surface area (Å²) < 4.78 is 5.62. The Bertz CT molecular complexity index is 1010. The molecule has 0 aliphatic carbocycles. The topological polar surface area (TPSA) is 76.1 Å². The molecular formula is C23H26N4O2. The molecule has 150 valence electrons. The van der Waals surface area contributed by atoms with Gasteiger partial charge in [-0.2, -0.15) is 0 Å². The zero-order chi connectivity index (χ0) is 21.0. The fraction of sp³-hybridized carbons (Fsp3) is 0.261. The first-order valence-electron chi connectivity index (χ1n) is 9.58. The van der Waals surface area contributed by atoms with E-state index in [1.807, 2.05) is 52.0 Å². The van der Waals surface area contributed by atoms with Gasteiger partial charge in [0.1, 0.15) is 23.1 Å². The second-order valence-electron chi connectivity index (χ2n) is 7.27. The Hall–Kier alpha value is -3.41. The predicted molar refractivity (Wildman–Crippen MR) is 116 cm³/mol. The molecule has 1 heterocycles. The number of anilines is 3. The lowest BCUT2D eigenvalue weighted by Gasteiger charge is -2.12. The van der Waals surface area contributed by atoms with Crippen molar-refractivity contribution in [3.63, 3.8) is 0 Å². The van der Waals surface area contributed by atoms with Crippen molar-refractivity contribution >= 4 is 23.1 Å². The SMILES string of the molecule is Cc1ccc(C)c(Nc2cc(C(=O)Nc3ccc(OC(C)C)cc3)nc(C)n2)c1. The first kappa shape index (κ1) is 20.3. The van der Waals surface area contributed by atoms with Gasteiger partial charge in [0.05, 0.1) is 6.10 Å². The first-order valence-corrected chi connectivity index (χ1v) is 9.58. The molecule has 0 bridgehead atoms. The Morgan fingerprint density at radius 1 is 0.966 bits per heavy atom. The van der Waals surface area contributed by atoms with Crippen LogP contribution in [0.15, 0.2) is 48.5 Å². The third kappa shape index (κ3) is 5.54. The zero-order valence-electron chi connectivity index (χ0n) is 17.4. The Labute approximate surface area is 171 Å². The van der Waals surface area contributed by atoms with E-state index in [1.54, 1.807) is 25.1 Å². The highest BCUT2D eigenvalue weighted by molar-refractivity contribution is 6.03. The third-order valence-electron chi connectivity index (χ3n) is 4.21. The van der Waals surface area contributed by atoms with E-state index in [9.17, 15) is 4.79 Å². The summed E-state index contributed by atoms with van der Waals surface area (Å²) in [7, 11) is 0. The fourth-order valence-corrected chi connectivity index (χ4v) is 2.84. The lowest BCUT2D eigenvalue weighted by atomic mass is 10.1. The monoisotopic (exact) mass is 390 g/mol. The maximum Gasteiger partial charge on any atom is 0.274 e. The first-order chi connectivity index (χ1) is 13.8. The number of ether oxygens (including phenoxy) is 1. The van der Waals surface area contributed by atoms with Gasteiger partial charge >= 0.3 is 0 Å². The van der Waals surface area contributed by atoms with Crippen LogP contribution >= 0.6 is 0 Å². The zero-order valence-corrected chi connectivity index (χ0v) is 17.4. The Balaban J connectivity index is 1.76. The number of hydrogen-bond acceptors (Lipinski definition) is 5. The van der Waals surface area contributed by atoms with Gasteiger partial charge in [-0.05, 0) is 76.1 Å². The second-order valence-corrected chi connectivity index (χ2v) is 7.27. The largest absolute Gasteiger partial charge is 0.491 e. The molecule has 0 atom stereocenters. The van der Waals surface area contributed by atoms with Crippen molar-refractivity contribution in [2.45, 2.75) is 40.7 Å². The van der Waals surface area contributed by atoms with E-state index in [4.69, 9.17) is 4.74 Å². The predicted octanol–water partition coefficient (Wildman–Crippen LogP) is 5.18. The smallest absolute Gasteiger partial charge is 0.274 e. The van der Waals surface area contributed by atoms with Crippen LogP contribution in [0.2, 0.25) is 0 Å².